The van der Waals surface area contributed by atoms with Gasteiger partial charge in [-0.3, -0.25) is 0 Å². The Morgan fingerprint density at radius 1 is 1.27 bits per heavy atom. The average Bonchev–Trinajstić information content (AvgIpc) is 2.49. The van der Waals surface area contributed by atoms with Crippen LogP contribution in [0.4, 0.5) is 0 Å². The van der Waals surface area contributed by atoms with E-state index < -0.39 is 0 Å². The zero-order valence-corrected chi connectivity index (χ0v) is 14.9. The number of benzene rings is 1. The van der Waals surface area contributed by atoms with E-state index >= 15 is 0 Å². The van der Waals surface area contributed by atoms with Crippen molar-refractivity contribution in [2.24, 2.45) is 11.7 Å². The number of aliphatic hydroxyl groups is 1. The molecular weight excluding hydrogens is 274 g/mol. The smallest absolute Gasteiger partial charge is 0.122 e. The Morgan fingerprint density at radius 2 is 1.95 bits per heavy atom. The van der Waals surface area contributed by atoms with Crippen LogP contribution in [0.25, 0.3) is 0 Å². The summed E-state index contributed by atoms with van der Waals surface area (Å²) in [4.78, 5) is 0. The first-order valence-electron chi connectivity index (χ1n) is 8.41. The monoisotopic (exact) mass is 307 g/mol. The second-order valence-electron chi connectivity index (χ2n) is 7.27. The molecule has 2 atom stereocenters. The van der Waals surface area contributed by atoms with E-state index in [0.29, 0.717) is 12.5 Å². The van der Waals surface area contributed by atoms with E-state index in [1.165, 1.54) is 11.1 Å². The van der Waals surface area contributed by atoms with Gasteiger partial charge in [-0.1, -0.05) is 46.8 Å². The molecule has 0 spiro atoms. The molecule has 0 aliphatic carbocycles. The topological polar surface area (TPSA) is 55.5 Å². The van der Waals surface area contributed by atoms with Crippen LogP contribution >= 0.6 is 0 Å². The van der Waals surface area contributed by atoms with Crippen molar-refractivity contribution in [2.45, 2.75) is 58.8 Å². The third kappa shape index (κ3) is 5.29. The van der Waals surface area contributed by atoms with Crippen molar-refractivity contribution in [1.29, 1.82) is 0 Å². The number of rotatable bonds is 8. The Balaban J connectivity index is 3.09. The minimum absolute atomic E-state index is 0.113. The molecule has 1 aromatic rings. The number of hydrogen-bond acceptors (Lipinski definition) is 3. The molecule has 0 saturated heterocycles. The van der Waals surface area contributed by atoms with Crippen molar-refractivity contribution < 1.29 is 9.84 Å². The van der Waals surface area contributed by atoms with Crippen molar-refractivity contribution in [3.63, 3.8) is 0 Å². The average molecular weight is 307 g/mol. The molecule has 0 saturated carbocycles. The second-order valence-corrected chi connectivity index (χ2v) is 7.27. The molecule has 3 N–H and O–H groups in total. The predicted molar refractivity (Wildman–Crippen MR) is 93.6 cm³/mol. The lowest BCUT2D eigenvalue weighted by Crippen LogP contribution is -2.20. The lowest BCUT2D eigenvalue weighted by Gasteiger charge is -2.25. The fraction of sp³-hybridized carbons (Fsp3) is 0.684. The van der Waals surface area contributed by atoms with Crippen LogP contribution in [0.15, 0.2) is 18.2 Å². The van der Waals surface area contributed by atoms with Crippen molar-refractivity contribution in [1.82, 2.24) is 0 Å². The van der Waals surface area contributed by atoms with Crippen LogP contribution in [-0.2, 0) is 5.41 Å². The number of nitrogens with two attached hydrogens (primary N) is 1. The molecule has 3 heteroatoms. The maximum atomic E-state index is 9.41. The molecule has 0 aliphatic heterocycles. The first-order valence-corrected chi connectivity index (χ1v) is 8.41. The molecule has 126 valence electrons. The van der Waals surface area contributed by atoms with E-state index in [1.807, 2.05) is 0 Å². The van der Waals surface area contributed by atoms with E-state index in [-0.39, 0.29) is 17.9 Å². The van der Waals surface area contributed by atoms with Gasteiger partial charge in [-0.25, -0.2) is 0 Å². The van der Waals surface area contributed by atoms with E-state index in [0.717, 1.165) is 25.2 Å². The van der Waals surface area contributed by atoms with Gasteiger partial charge in [0, 0.05) is 6.61 Å². The molecule has 0 aliphatic rings. The molecule has 1 rings (SSSR count). The lowest BCUT2D eigenvalue weighted by atomic mass is 9.82. The fourth-order valence-corrected chi connectivity index (χ4v) is 2.62. The molecule has 3 nitrogen and oxygen atoms in total. The quantitative estimate of drug-likeness (QED) is 0.767. The largest absolute Gasteiger partial charge is 0.493 e. The van der Waals surface area contributed by atoms with E-state index in [4.69, 9.17) is 10.5 Å². The lowest BCUT2D eigenvalue weighted by molar-refractivity contribution is 0.216. The summed E-state index contributed by atoms with van der Waals surface area (Å²) in [6.45, 7) is 12.4. The molecule has 0 radical (unpaired) electrons. The minimum Gasteiger partial charge on any atom is -0.493 e. The molecule has 0 aromatic heterocycles. The highest BCUT2D eigenvalue weighted by Crippen LogP contribution is 2.35. The third-order valence-electron chi connectivity index (χ3n) is 4.15. The van der Waals surface area contributed by atoms with E-state index in [9.17, 15) is 5.11 Å². The van der Waals surface area contributed by atoms with Gasteiger partial charge in [0.2, 0.25) is 0 Å². The van der Waals surface area contributed by atoms with Gasteiger partial charge in [0.05, 0.1) is 6.61 Å². The Hall–Kier alpha value is -1.06. The maximum Gasteiger partial charge on any atom is 0.122 e. The highest BCUT2D eigenvalue weighted by Gasteiger charge is 2.20. The molecular formula is C19H33NO2. The number of hydrogen-bond donors (Lipinski definition) is 2. The Labute approximate surface area is 135 Å². The summed E-state index contributed by atoms with van der Waals surface area (Å²) in [7, 11) is 0. The minimum atomic E-state index is 0.113. The second kappa shape index (κ2) is 8.54. The molecule has 22 heavy (non-hydrogen) atoms. The molecule has 0 amide bonds. The van der Waals surface area contributed by atoms with Crippen LogP contribution in [0.2, 0.25) is 0 Å². The molecule has 2 unspecified atom stereocenters. The maximum absolute atomic E-state index is 9.41. The van der Waals surface area contributed by atoms with Crippen LogP contribution in [0.3, 0.4) is 0 Å². The van der Waals surface area contributed by atoms with Gasteiger partial charge in [0.1, 0.15) is 5.75 Å². The zero-order valence-electron chi connectivity index (χ0n) is 14.9. The summed E-state index contributed by atoms with van der Waals surface area (Å²) in [6, 6.07) is 6.52. The summed E-state index contributed by atoms with van der Waals surface area (Å²) in [5, 5.41) is 9.41. The van der Waals surface area contributed by atoms with Gasteiger partial charge >= 0.3 is 0 Å². The highest BCUT2D eigenvalue weighted by atomic mass is 16.5. The van der Waals surface area contributed by atoms with Crippen LogP contribution in [0.5, 0.6) is 5.75 Å². The van der Waals surface area contributed by atoms with Crippen molar-refractivity contribution in [3.8, 4) is 5.75 Å². The first kappa shape index (κ1) is 19.0. The zero-order chi connectivity index (χ0) is 16.8. The van der Waals surface area contributed by atoms with Crippen LogP contribution in [0.1, 0.15) is 64.5 Å². The van der Waals surface area contributed by atoms with Crippen LogP contribution < -0.4 is 10.5 Å². The number of aliphatic hydroxyl groups excluding tert-OH is 1. The van der Waals surface area contributed by atoms with E-state index in [1.54, 1.807) is 0 Å². The summed E-state index contributed by atoms with van der Waals surface area (Å²) in [5.74, 6) is 1.43. The van der Waals surface area contributed by atoms with Crippen molar-refractivity contribution >= 4 is 0 Å². The SMILES string of the molecule is CCCOc1ccc(C(C)(C)C)cc1C(C)CC(CN)CO. The van der Waals surface area contributed by atoms with Gasteiger partial charge in [-0.15, -0.1) is 0 Å². The van der Waals surface area contributed by atoms with E-state index in [2.05, 4.69) is 52.8 Å². The summed E-state index contributed by atoms with van der Waals surface area (Å²) >= 11 is 0. The molecule has 0 fully saturated rings. The summed E-state index contributed by atoms with van der Waals surface area (Å²) < 4.78 is 5.93. The van der Waals surface area contributed by atoms with Crippen molar-refractivity contribution in [3.05, 3.63) is 29.3 Å². The molecule has 0 heterocycles. The van der Waals surface area contributed by atoms with Gasteiger partial charge in [0.15, 0.2) is 0 Å². The normalized spacial score (nSPS) is 14.7. The molecule has 0 bridgehead atoms. The van der Waals surface area contributed by atoms with Crippen LogP contribution in [-0.4, -0.2) is 24.9 Å². The van der Waals surface area contributed by atoms with Gasteiger partial charge in [-0.05, 0) is 53.8 Å². The third-order valence-corrected chi connectivity index (χ3v) is 4.15. The fourth-order valence-electron chi connectivity index (χ4n) is 2.62. The standard InChI is InChI=1S/C19H33NO2/c1-6-9-22-18-8-7-16(19(3,4)5)11-17(18)14(2)10-15(12-20)13-21/h7-8,11,14-15,21H,6,9-10,12-13,20H2,1-5H3. The Bertz CT molecular complexity index is 447. The van der Waals surface area contributed by atoms with Gasteiger partial charge in [0.25, 0.3) is 0 Å². The van der Waals surface area contributed by atoms with Crippen molar-refractivity contribution in [2.75, 3.05) is 19.8 Å². The molecule has 1 aromatic carbocycles. The predicted octanol–water partition coefficient (Wildman–Crippen LogP) is 3.83. The van der Waals surface area contributed by atoms with Crippen LogP contribution in [0, 0.1) is 5.92 Å². The Morgan fingerprint density at radius 3 is 2.45 bits per heavy atom. The van der Waals surface area contributed by atoms with Gasteiger partial charge < -0.3 is 15.6 Å². The summed E-state index contributed by atoms with van der Waals surface area (Å²) in [5.41, 5.74) is 8.39. The Kier molecular flexibility index (Phi) is 7.37. The number of ether oxygens (including phenoxy) is 1. The summed E-state index contributed by atoms with van der Waals surface area (Å²) in [6.07, 6.45) is 1.87. The van der Waals surface area contributed by atoms with Gasteiger partial charge in [-0.2, -0.15) is 0 Å². The highest BCUT2D eigenvalue weighted by molar-refractivity contribution is 5.41. The first-order chi connectivity index (χ1) is 10.3.